The molecule has 1 aromatic rings. The van der Waals surface area contributed by atoms with E-state index in [4.69, 9.17) is 16.3 Å². The Morgan fingerprint density at radius 1 is 1.11 bits per heavy atom. The van der Waals surface area contributed by atoms with Gasteiger partial charge in [0.2, 0.25) is 0 Å². The van der Waals surface area contributed by atoms with Crippen LogP contribution in [0, 0.1) is 0 Å². The second kappa shape index (κ2) is 6.74. The number of hydrogen-bond donors (Lipinski definition) is 0. The highest BCUT2D eigenvalue weighted by Crippen LogP contribution is 2.40. The molecule has 0 atom stereocenters. The molecule has 0 heterocycles. The number of benzene rings is 1. The Morgan fingerprint density at radius 3 is 2.32 bits per heavy atom. The Bertz CT molecular complexity index is 382. The molecule has 3 heteroatoms. The van der Waals surface area contributed by atoms with Crippen molar-refractivity contribution >= 4 is 11.6 Å². The average Bonchev–Trinajstić information content (AvgIpc) is 2.40. The molecule has 1 saturated carbocycles. The molecule has 0 amide bonds. The van der Waals surface area contributed by atoms with Gasteiger partial charge in [-0.1, -0.05) is 43.0 Å². The minimum atomic E-state index is -0.0845. The van der Waals surface area contributed by atoms with Crippen LogP contribution in [0.1, 0.15) is 37.7 Å². The number of ether oxygens (including phenoxy) is 1. The molecular formula is C16H24ClNO. The summed E-state index contributed by atoms with van der Waals surface area (Å²) < 4.78 is 6.32. The number of rotatable bonds is 5. The molecule has 2 nitrogen and oxygen atoms in total. The van der Waals surface area contributed by atoms with Gasteiger partial charge in [-0.2, -0.15) is 0 Å². The van der Waals surface area contributed by atoms with Gasteiger partial charge in [-0.3, -0.25) is 0 Å². The van der Waals surface area contributed by atoms with Crippen molar-refractivity contribution in [1.82, 2.24) is 4.90 Å². The van der Waals surface area contributed by atoms with Gasteiger partial charge in [0.25, 0.3) is 0 Å². The van der Waals surface area contributed by atoms with Crippen molar-refractivity contribution in [2.45, 2.75) is 37.7 Å². The largest absolute Gasteiger partial charge is 0.369 e. The molecule has 1 aliphatic rings. The van der Waals surface area contributed by atoms with Gasteiger partial charge in [0.15, 0.2) is 0 Å². The quantitative estimate of drug-likeness (QED) is 0.806. The Morgan fingerprint density at radius 2 is 1.74 bits per heavy atom. The van der Waals surface area contributed by atoms with Crippen LogP contribution < -0.4 is 0 Å². The second-order valence-corrected chi connectivity index (χ2v) is 6.15. The Kier molecular flexibility index (Phi) is 5.26. The Labute approximate surface area is 121 Å². The van der Waals surface area contributed by atoms with E-state index < -0.39 is 0 Å². The molecule has 1 fully saturated rings. The van der Waals surface area contributed by atoms with Crippen LogP contribution in [0.4, 0.5) is 0 Å². The molecule has 0 aromatic heterocycles. The first-order valence-corrected chi connectivity index (χ1v) is 7.55. The monoisotopic (exact) mass is 281 g/mol. The van der Waals surface area contributed by atoms with Crippen molar-refractivity contribution in [3.05, 3.63) is 34.9 Å². The third kappa shape index (κ3) is 3.95. The highest BCUT2D eigenvalue weighted by molar-refractivity contribution is 6.30. The highest BCUT2D eigenvalue weighted by Gasteiger charge is 2.34. The highest BCUT2D eigenvalue weighted by atomic mass is 35.5. The van der Waals surface area contributed by atoms with Gasteiger partial charge in [-0.05, 0) is 44.6 Å². The van der Waals surface area contributed by atoms with Gasteiger partial charge in [0, 0.05) is 11.6 Å². The molecule has 1 aromatic carbocycles. The van der Waals surface area contributed by atoms with Crippen LogP contribution in [0.25, 0.3) is 0 Å². The predicted molar refractivity (Wildman–Crippen MR) is 80.7 cm³/mol. The fourth-order valence-corrected chi connectivity index (χ4v) is 2.94. The minimum Gasteiger partial charge on any atom is -0.369 e. The van der Waals surface area contributed by atoms with E-state index in [9.17, 15) is 0 Å². The smallest absolute Gasteiger partial charge is 0.0932 e. The van der Waals surface area contributed by atoms with Crippen LogP contribution in [0.15, 0.2) is 24.3 Å². The van der Waals surface area contributed by atoms with Crippen molar-refractivity contribution in [3.63, 3.8) is 0 Å². The zero-order chi connectivity index (χ0) is 13.7. The average molecular weight is 282 g/mol. The molecule has 1 aliphatic carbocycles. The molecule has 2 rings (SSSR count). The van der Waals surface area contributed by atoms with Gasteiger partial charge in [-0.25, -0.2) is 0 Å². The minimum absolute atomic E-state index is 0.0845. The summed E-state index contributed by atoms with van der Waals surface area (Å²) in [5.41, 5.74) is 1.20. The van der Waals surface area contributed by atoms with E-state index in [-0.39, 0.29) is 5.60 Å². The van der Waals surface area contributed by atoms with Crippen LogP contribution >= 0.6 is 11.6 Å². The fourth-order valence-electron chi connectivity index (χ4n) is 2.82. The lowest BCUT2D eigenvalue weighted by Crippen LogP contribution is -2.34. The van der Waals surface area contributed by atoms with Crippen molar-refractivity contribution < 1.29 is 4.74 Å². The van der Waals surface area contributed by atoms with E-state index in [1.165, 1.54) is 24.8 Å². The van der Waals surface area contributed by atoms with Crippen LogP contribution in [0.2, 0.25) is 5.02 Å². The third-order valence-electron chi connectivity index (χ3n) is 3.95. The molecule has 0 N–H and O–H groups in total. The molecule has 0 radical (unpaired) electrons. The third-order valence-corrected chi connectivity index (χ3v) is 4.20. The predicted octanol–water partition coefficient (Wildman–Crippen LogP) is 4.08. The van der Waals surface area contributed by atoms with Gasteiger partial charge < -0.3 is 9.64 Å². The van der Waals surface area contributed by atoms with E-state index >= 15 is 0 Å². The first kappa shape index (κ1) is 14.8. The van der Waals surface area contributed by atoms with Crippen molar-refractivity contribution in [3.8, 4) is 0 Å². The summed E-state index contributed by atoms with van der Waals surface area (Å²) in [5.74, 6) is 0. The topological polar surface area (TPSA) is 12.5 Å². The SMILES string of the molecule is CN(C)CCOC1(c2ccc(Cl)cc2)CCCCC1. The number of halogens is 1. The maximum Gasteiger partial charge on any atom is 0.0932 e. The maximum absolute atomic E-state index is 6.32. The molecule has 106 valence electrons. The summed E-state index contributed by atoms with van der Waals surface area (Å²) in [5, 5.41) is 0.794. The lowest BCUT2D eigenvalue weighted by atomic mass is 9.79. The zero-order valence-corrected chi connectivity index (χ0v) is 12.7. The standard InChI is InChI=1S/C16H24ClNO/c1-18(2)12-13-19-16(10-4-3-5-11-16)14-6-8-15(17)9-7-14/h6-9H,3-5,10-13H2,1-2H3. The molecular weight excluding hydrogens is 258 g/mol. The van der Waals surface area contributed by atoms with Gasteiger partial charge >= 0.3 is 0 Å². The summed E-state index contributed by atoms with van der Waals surface area (Å²) in [4.78, 5) is 2.17. The van der Waals surface area contributed by atoms with Crippen LogP contribution in [0.5, 0.6) is 0 Å². The van der Waals surface area contributed by atoms with Crippen molar-refractivity contribution in [2.24, 2.45) is 0 Å². The first-order valence-electron chi connectivity index (χ1n) is 7.17. The summed E-state index contributed by atoms with van der Waals surface area (Å²) in [6.07, 6.45) is 6.09. The fraction of sp³-hybridized carbons (Fsp3) is 0.625. The summed E-state index contributed by atoms with van der Waals surface area (Å²) >= 11 is 5.99. The van der Waals surface area contributed by atoms with Gasteiger partial charge in [-0.15, -0.1) is 0 Å². The molecule has 0 aliphatic heterocycles. The summed E-state index contributed by atoms with van der Waals surface area (Å²) in [6.45, 7) is 1.75. The van der Waals surface area contributed by atoms with Crippen molar-refractivity contribution in [2.75, 3.05) is 27.2 Å². The number of hydrogen-bond acceptors (Lipinski definition) is 2. The Hall–Kier alpha value is -0.570. The normalized spacial score (nSPS) is 18.7. The van der Waals surface area contributed by atoms with Crippen LogP contribution in [-0.4, -0.2) is 32.1 Å². The van der Waals surface area contributed by atoms with Crippen LogP contribution in [0.3, 0.4) is 0 Å². The van der Waals surface area contributed by atoms with E-state index in [0.29, 0.717) is 0 Å². The number of nitrogens with zero attached hydrogens (tertiary/aromatic N) is 1. The maximum atomic E-state index is 6.32. The molecule has 0 bridgehead atoms. The molecule has 0 saturated heterocycles. The lowest BCUT2D eigenvalue weighted by Gasteiger charge is -2.38. The van der Waals surface area contributed by atoms with E-state index in [1.54, 1.807) is 0 Å². The molecule has 0 unspecified atom stereocenters. The molecule has 19 heavy (non-hydrogen) atoms. The molecule has 0 spiro atoms. The Balaban J connectivity index is 2.11. The van der Waals surface area contributed by atoms with Crippen molar-refractivity contribution in [1.29, 1.82) is 0 Å². The second-order valence-electron chi connectivity index (χ2n) is 5.71. The van der Waals surface area contributed by atoms with Gasteiger partial charge in [0.1, 0.15) is 0 Å². The zero-order valence-electron chi connectivity index (χ0n) is 12.0. The van der Waals surface area contributed by atoms with E-state index in [1.807, 2.05) is 12.1 Å². The van der Waals surface area contributed by atoms with E-state index in [0.717, 1.165) is 31.0 Å². The lowest BCUT2D eigenvalue weighted by molar-refractivity contribution is -0.0792. The number of likely N-dealkylation sites (N-methyl/N-ethyl adjacent to an activating group) is 1. The summed E-state index contributed by atoms with van der Waals surface area (Å²) in [7, 11) is 4.17. The van der Waals surface area contributed by atoms with Crippen LogP contribution in [-0.2, 0) is 10.3 Å². The van der Waals surface area contributed by atoms with E-state index in [2.05, 4.69) is 31.1 Å². The summed E-state index contributed by atoms with van der Waals surface area (Å²) in [6, 6.07) is 8.21. The first-order chi connectivity index (χ1) is 9.12. The van der Waals surface area contributed by atoms with Gasteiger partial charge in [0.05, 0.1) is 12.2 Å².